The molecule has 2 N–H and O–H groups in total. The fourth-order valence-corrected chi connectivity index (χ4v) is 3.87. The summed E-state index contributed by atoms with van der Waals surface area (Å²) < 4.78 is 0. The van der Waals surface area contributed by atoms with E-state index in [4.69, 9.17) is 0 Å². The van der Waals surface area contributed by atoms with E-state index in [1.165, 1.54) is 25.7 Å². The summed E-state index contributed by atoms with van der Waals surface area (Å²) in [5.41, 5.74) is 0. The maximum atomic E-state index is 11.4. The summed E-state index contributed by atoms with van der Waals surface area (Å²) in [5.74, 6) is 1.71. The van der Waals surface area contributed by atoms with Gasteiger partial charge in [-0.2, -0.15) is 5.10 Å². The second-order valence-corrected chi connectivity index (χ2v) is 6.36. The van der Waals surface area contributed by atoms with Gasteiger partial charge in [0.05, 0.1) is 5.92 Å². The van der Waals surface area contributed by atoms with Crippen LogP contribution in [0.1, 0.15) is 75.4 Å². The number of aromatic nitrogens is 3. The van der Waals surface area contributed by atoms with Crippen molar-refractivity contribution in [3.63, 3.8) is 0 Å². The van der Waals surface area contributed by atoms with Crippen LogP contribution in [0, 0.1) is 11.8 Å². The zero-order chi connectivity index (χ0) is 14.1. The Bertz CT molecular complexity index is 479. The van der Waals surface area contributed by atoms with Crippen LogP contribution in [0.15, 0.2) is 0 Å². The van der Waals surface area contributed by atoms with E-state index in [1.54, 1.807) is 0 Å². The Morgan fingerprint density at radius 1 is 1.35 bits per heavy atom. The SMILES string of the molecule is CCC1CC(C(=O)O)C(c2nc(C3CCCC3)n[nH]2)C1. The topological polar surface area (TPSA) is 78.9 Å². The van der Waals surface area contributed by atoms with E-state index in [1.807, 2.05) is 0 Å². The van der Waals surface area contributed by atoms with Crippen LogP contribution in [0.2, 0.25) is 0 Å². The van der Waals surface area contributed by atoms with Gasteiger partial charge in [-0.05, 0) is 31.6 Å². The molecule has 1 heterocycles. The highest BCUT2D eigenvalue weighted by Gasteiger charge is 2.40. The molecule has 0 radical (unpaired) electrons. The molecule has 2 saturated carbocycles. The maximum absolute atomic E-state index is 11.4. The first-order valence-electron chi connectivity index (χ1n) is 7.84. The summed E-state index contributed by atoms with van der Waals surface area (Å²) in [6.07, 6.45) is 7.59. The van der Waals surface area contributed by atoms with Crippen molar-refractivity contribution in [1.82, 2.24) is 15.2 Å². The molecule has 0 aromatic carbocycles. The Morgan fingerprint density at radius 2 is 2.10 bits per heavy atom. The van der Waals surface area contributed by atoms with Gasteiger partial charge in [-0.3, -0.25) is 9.89 Å². The van der Waals surface area contributed by atoms with Crippen LogP contribution in [0.5, 0.6) is 0 Å². The predicted octanol–water partition coefficient (Wildman–Crippen LogP) is 3.07. The fourth-order valence-electron chi connectivity index (χ4n) is 3.87. The monoisotopic (exact) mass is 277 g/mol. The van der Waals surface area contributed by atoms with Gasteiger partial charge in [0.15, 0.2) is 5.82 Å². The summed E-state index contributed by atoms with van der Waals surface area (Å²) in [6, 6.07) is 0. The summed E-state index contributed by atoms with van der Waals surface area (Å²) in [5, 5.41) is 16.8. The molecule has 1 aromatic rings. The van der Waals surface area contributed by atoms with Crippen LogP contribution in [0.3, 0.4) is 0 Å². The van der Waals surface area contributed by atoms with Gasteiger partial charge in [0.1, 0.15) is 5.82 Å². The van der Waals surface area contributed by atoms with Crippen LogP contribution in [-0.4, -0.2) is 26.3 Å². The first-order valence-corrected chi connectivity index (χ1v) is 7.84. The lowest BCUT2D eigenvalue weighted by Gasteiger charge is -2.12. The summed E-state index contributed by atoms with van der Waals surface area (Å²) in [7, 11) is 0. The molecule has 2 fully saturated rings. The molecule has 0 saturated heterocycles. The standard InChI is InChI=1S/C15H23N3O2/c1-2-9-7-11(12(8-9)15(19)20)14-16-13(17-18-14)10-5-3-4-6-10/h9-12H,2-8H2,1H3,(H,19,20)(H,16,17,18). The molecular formula is C15H23N3O2. The second-order valence-electron chi connectivity index (χ2n) is 6.36. The third-order valence-corrected chi connectivity index (χ3v) is 5.15. The molecule has 20 heavy (non-hydrogen) atoms. The largest absolute Gasteiger partial charge is 0.481 e. The number of carbonyl (C=O) groups is 1. The van der Waals surface area contributed by atoms with Crippen molar-refractivity contribution in [3.8, 4) is 0 Å². The van der Waals surface area contributed by atoms with Crippen molar-refractivity contribution < 1.29 is 9.90 Å². The van der Waals surface area contributed by atoms with E-state index in [0.29, 0.717) is 11.8 Å². The van der Waals surface area contributed by atoms with Crippen LogP contribution in [0.25, 0.3) is 0 Å². The smallest absolute Gasteiger partial charge is 0.307 e. The van der Waals surface area contributed by atoms with Gasteiger partial charge in [-0.25, -0.2) is 4.98 Å². The molecule has 0 amide bonds. The number of hydrogen-bond acceptors (Lipinski definition) is 3. The minimum atomic E-state index is -0.690. The van der Waals surface area contributed by atoms with Crippen molar-refractivity contribution >= 4 is 5.97 Å². The molecule has 3 unspecified atom stereocenters. The van der Waals surface area contributed by atoms with E-state index in [-0.39, 0.29) is 11.8 Å². The first-order chi connectivity index (χ1) is 9.69. The highest BCUT2D eigenvalue weighted by atomic mass is 16.4. The molecule has 1 aromatic heterocycles. The van der Waals surface area contributed by atoms with Crippen molar-refractivity contribution in [2.24, 2.45) is 11.8 Å². The summed E-state index contributed by atoms with van der Waals surface area (Å²) in [6.45, 7) is 2.14. The van der Waals surface area contributed by atoms with E-state index in [9.17, 15) is 9.90 Å². The van der Waals surface area contributed by atoms with Crippen LogP contribution in [-0.2, 0) is 4.79 Å². The Kier molecular flexibility index (Phi) is 3.76. The van der Waals surface area contributed by atoms with Crippen LogP contribution in [0.4, 0.5) is 0 Å². The molecule has 2 aliphatic rings. The summed E-state index contributed by atoms with van der Waals surface area (Å²) in [4.78, 5) is 16.1. The summed E-state index contributed by atoms with van der Waals surface area (Å²) >= 11 is 0. The zero-order valence-electron chi connectivity index (χ0n) is 12.0. The third kappa shape index (κ3) is 2.45. The first kappa shape index (κ1) is 13.6. The molecule has 110 valence electrons. The van der Waals surface area contributed by atoms with Gasteiger partial charge in [0.2, 0.25) is 0 Å². The third-order valence-electron chi connectivity index (χ3n) is 5.15. The zero-order valence-corrected chi connectivity index (χ0v) is 12.0. The lowest BCUT2D eigenvalue weighted by molar-refractivity contribution is -0.142. The van der Waals surface area contributed by atoms with Gasteiger partial charge in [0, 0.05) is 11.8 Å². The average Bonchev–Trinajstić information content (AvgIpc) is 3.17. The van der Waals surface area contributed by atoms with E-state index >= 15 is 0 Å². The number of carboxylic acids is 1. The molecule has 5 heteroatoms. The normalized spacial score (nSPS) is 30.9. The van der Waals surface area contributed by atoms with Gasteiger partial charge >= 0.3 is 5.97 Å². The number of aromatic amines is 1. The molecule has 5 nitrogen and oxygen atoms in total. The molecule has 0 bridgehead atoms. The van der Waals surface area contributed by atoms with E-state index < -0.39 is 5.97 Å². The highest BCUT2D eigenvalue weighted by Crippen LogP contribution is 2.44. The van der Waals surface area contributed by atoms with Gasteiger partial charge in [0.25, 0.3) is 0 Å². The Labute approximate surface area is 119 Å². The number of H-pyrrole nitrogens is 1. The van der Waals surface area contributed by atoms with Crippen LogP contribution >= 0.6 is 0 Å². The number of rotatable bonds is 4. The average molecular weight is 277 g/mol. The number of nitrogens with one attached hydrogen (secondary N) is 1. The number of carboxylic acid groups (broad SMARTS) is 1. The minimum absolute atomic E-state index is 0.0140. The second kappa shape index (κ2) is 5.54. The van der Waals surface area contributed by atoms with Gasteiger partial charge in [-0.15, -0.1) is 0 Å². The number of hydrogen-bond donors (Lipinski definition) is 2. The minimum Gasteiger partial charge on any atom is -0.481 e. The lowest BCUT2D eigenvalue weighted by atomic mass is 9.95. The molecule has 3 rings (SSSR count). The molecule has 3 atom stereocenters. The van der Waals surface area contributed by atoms with E-state index in [0.717, 1.165) is 30.9 Å². The van der Waals surface area contributed by atoms with Crippen molar-refractivity contribution in [1.29, 1.82) is 0 Å². The Balaban J connectivity index is 1.78. The lowest BCUT2D eigenvalue weighted by Crippen LogP contribution is -2.17. The fraction of sp³-hybridized carbons (Fsp3) is 0.800. The number of aliphatic carboxylic acids is 1. The van der Waals surface area contributed by atoms with Crippen molar-refractivity contribution in [2.75, 3.05) is 0 Å². The molecule has 2 aliphatic carbocycles. The number of nitrogens with zero attached hydrogens (tertiary/aromatic N) is 2. The predicted molar refractivity (Wildman–Crippen MR) is 74.5 cm³/mol. The quantitative estimate of drug-likeness (QED) is 0.886. The van der Waals surface area contributed by atoms with Gasteiger partial charge < -0.3 is 5.11 Å². The molecular weight excluding hydrogens is 254 g/mol. The maximum Gasteiger partial charge on any atom is 0.307 e. The van der Waals surface area contributed by atoms with Crippen molar-refractivity contribution in [2.45, 2.75) is 63.7 Å². The van der Waals surface area contributed by atoms with Gasteiger partial charge in [-0.1, -0.05) is 26.2 Å². The Morgan fingerprint density at radius 3 is 2.75 bits per heavy atom. The van der Waals surface area contributed by atoms with Crippen molar-refractivity contribution in [3.05, 3.63) is 11.6 Å². The highest BCUT2D eigenvalue weighted by molar-refractivity contribution is 5.71. The Hall–Kier alpha value is -1.39. The van der Waals surface area contributed by atoms with E-state index in [2.05, 4.69) is 22.1 Å². The molecule has 0 aliphatic heterocycles. The molecule has 0 spiro atoms. The van der Waals surface area contributed by atoms with Crippen LogP contribution < -0.4 is 0 Å².